The van der Waals surface area contributed by atoms with Crippen LogP contribution in [0, 0.1) is 5.82 Å². The predicted octanol–water partition coefficient (Wildman–Crippen LogP) is 1.60. The second-order valence-corrected chi connectivity index (χ2v) is 4.72. The maximum Gasteiger partial charge on any atom is 0.308 e. The van der Waals surface area contributed by atoms with Gasteiger partial charge in [0, 0.05) is 23.1 Å². The number of benzene rings is 1. The lowest BCUT2D eigenvalue weighted by Crippen LogP contribution is -2.29. The van der Waals surface area contributed by atoms with E-state index in [1.165, 1.54) is 13.2 Å². The van der Waals surface area contributed by atoms with Gasteiger partial charge in [-0.05, 0) is 18.2 Å². The van der Waals surface area contributed by atoms with E-state index in [0.717, 1.165) is 4.47 Å². The topological polar surface area (TPSA) is 58.6 Å². The summed E-state index contributed by atoms with van der Waals surface area (Å²) in [6.07, 6.45) is -0.919. The van der Waals surface area contributed by atoms with Gasteiger partial charge in [0.15, 0.2) is 0 Å². The van der Waals surface area contributed by atoms with Crippen LogP contribution in [0.3, 0.4) is 0 Å². The van der Waals surface area contributed by atoms with E-state index in [0.29, 0.717) is 5.56 Å². The maximum atomic E-state index is 13.4. The number of carbonyl (C=O) groups is 1. The van der Waals surface area contributed by atoms with E-state index in [1.54, 1.807) is 12.1 Å². The Hall–Kier alpha value is -0.980. The molecule has 2 N–H and O–H groups in total. The van der Waals surface area contributed by atoms with Gasteiger partial charge in [0.2, 0.25) is 0 Å². The van der Waals surface area contributed by atoms with Crippen molar-refractivity contribution in [1.29, 1.82) is 0 Å². The molecule has 1 atom stereocenters. The van der Waals surface area contributed by atoms with Crippen molar-refractivity contribution in [1.82, 2.24) is 5.32 Å². The smallest absolute Gasteiger partial charge is 0.308 e. The number of halogens is 2. The van der Waals surface area contributed by atoms with E-state index in [9.17, 15) is 14.3 Å². The van der Waals surface area contributed by atoms with Gasteiger partial charge in [-0.1, -0.05) is 15.9 Å². The third kappa shape index (κ3) is 5.12. The molecule has 0 saturated heterocycles. The largest absolute Gasteiger partial charge is 0.469 e. The number of carbonyl (C=O) groups excluding carboxylic acids is 1. The molecule has 0 aromatic heterocycles. The van der Waals surface area contributed by atoms with Crippen molar-refractivity contribution < 1.29 is 19.0 Å². The van der Waals surface area contributed by atoms with E-state index < -0.39 is 12.1 Å². The Labute approximate surface area is 113 Å². The summed E-state index contributed by atoms with van der Waals surface area (Å²) in [5.41, 5.74) is 0.495. The highest BCUT2D eigenvalue weighted by Gasteiger charge is 2.11. The van der Waals surface area contributed by atoms with Crippen LogP contribution < -0.4 is 5.32 Å². The van der Waals surface area contributed by atoms with E-state index in [-0.39, 0.29) is 25.3 Å². The highest BCUT2D eigenvalue weighted by molar-refractivity contribution is 9.10. The second kappa shape index (κ2) is 7.45. The van der Waals surface area contributed by atoms with E-state index in [2.05, 4.69) is 26.0 Å². The molecule has 1 unspecified atom stereocenters. The van der Waals surface area contributed by atoms with Crippen LogP contribution in [0.4, 0.5) is 4.39 Å². The number of aliphatic hydroxyl groups excluding tert-OH is 1. The van der Waals surface area contributed by atoms with Crippen molar-refractivity contribution in [3.05, 3.63) is 34.1 Å². The van der Waals surface area contributed by atoms with Crippen molar-refractivity contribution in [2.75, 3.05) is 13.7 Å². The molecular formula is C12H15BrFNO3. The molecule has 0 aliphatic heterocycles. The molecule has 1 rings (SSSR count). The zero-order valence-corrected chi connectivity index (χ0v) is 11.5. The van der Waals surface area contributed by atoms with Crippen molar-refractivity contribution in [3.8, 4) is 0 Å². The van der Waals surface area contributed by atoms with Crippen LogP contribution in [-0.2, 0) is 16.1 Å². The number of rotatable bonds is 6. The summed E-state index contributed by atoms with van der Waals surface area (Å²) < 4.78 is 18.6. The predicted molar refractivity (Wildman–Crippen MR) is 68.4 cm³/mol. The van der Waals surface area contributed by atoms with Crippen LogP contribution in [0.5, 0.6) is 0 Å². The number of ether oxygens (including phenoxy) is 1. The van der Waals surface area contributed by atoms with E-state index in [1.807, 2.05) is 0 Å². The second-order valence-electron chi connectivity index (χ2n) is 3.80. The molecule has 0 radical (unpaired) electrons. The number of nitrogens with one attached hydrogen (secondary N) is 1. The summed E-state index contributed by atoms with van der Waals surface area (Å²) in [7, 11) is 1.26. The van der Waals surface area contributed by atoms with E-state index >= 15 is 0 Å². The van der Waals surface area contributed by atoms with Gasteiger partial charge in [0.05, 0.1) is 19.6 Å². The lowest BCUT2D eigenvalue weighted by atomic mass is 10.2. The van der Waals surface area contributed by atoms with Gasteiger partial charge < -0.3 is 15.2 Å². The maximum absolute atomic E-state index is 13.4. The Morgan fingerprint density at radius 1 is 1.61 bits per heavy atom. The zero-order chi connectivity index (χ0) is 13.5. The normalized spacial score (nSPS) is 12.2. The summed E-state index contributed by atoms with van der Waals surface area (Å²) in [5.74, 6) is -0.786. The molecule has 18 heavy (non-hydrogen) atoms. The van der Waals surface area contributed by atoms with Crippen LogP contribution in [0.25, 0.3) is 0 Å². The van der Waals surface area contributed by atoms with Crippen LogP contribution in [0.15, 0.2) is 22.7 Å². The first-order chi connectivity index (χ1) is 8.52. The summed E-state index contributed by atoms with van der Waals surface area (Å²) >= 11 is 3.25. The minimum absolute atomic E-state index is 0.0789. The fourth-order valence-electron chi connectivity index (χ4n) is 1.40. The minimum Gasteiger partial charge on any atom is -0.469 e. The van der Waals surface area contributed by atoms with Gasteiger partial charge in [-0.3, -0.25) is 4.79 Å². The van der Waals surface area contributed by atoms with Gasteiger partial charge in [-0.25, -0.2) is 4.39 Å². The number of aliphatic hydroxyl groups is 1. The van der Waals surface area contributed by atoms with Gasteiger partial charge in [0.25, 0.3) is 0 Å². The summed E-state index contributed by atoms with van der Waals surface area (Å²) in [6.45, 7) is 0.477. The molecule has 0 amide bonds. The van der Waals surface area contributed by atoms with E-state index in [4.69, 9.17) is 0 Å². The standard InChI is InChI=1S/C12H15BrFNO3/c1-18-12(17)5-10(16)7-15-6-8-4-9(13)2-3-11(8)14/h2-4,10,15-16H,5-7H2,1H3. The molecule has 4 nitrogen and oxygen atoms in total. The molecule has 0 saturated carbocycles. The quantitative estimate of drug-likeness (QED) is 0.782. The van der Waals surface area contributed by atoms with Gasteiger partial charge in [-0.15, -0.1) is 0 Å². The number of esters is 1. The SMILES string of the molecule is COC(=O)CC(O)CNCc1cc(Br)ccc1F. The van der Waals surface area contributed by atoms with Gasteiger partial charge in [0.1, 0.15) is 5.82 Å². The van der Waals surface area contributed by atoms with Crippen molar-refractivity contribution in [3.63, 3.8) is 0 Å². The number of hydrogen-bond donors (Lipinski definition) is 2. The van der Waals surface area contributed by atoms with Crippen LogP contribution >= 0.6 is 15.9 Å². The number of methoxy groups -OCH3 is 1. The molecule has 0 bridgehead atoms. The fraction of sp³-hybridized carbons (Fsp3) is 0.417. The van der Waals surface area contributed by atoms with Crippen LogP contribution in [-0.4, -0.2) is 30.8 Å². The monoisotopic (exact) mass is 319 g/mol. The summed E-state index contributed by atoms with van der Waals surface area (Å²) in [4.78, 5) is 10.9. The Morgan fingerprint density at radius 3 is 3.00 bits per heavy atom. The van der Waals surface area contributed by atoms with Crippen molar-refractivity contribution in [2.45, 2.75) is 19.1 Å². The Kier molecular flexibility index (Phi) is 6.24. The van der Waals surface area contributed by atoms with Crippen molar-refractivity contribution >= 4 is 21.9 Å². The minimum atomic E-state index is -0.840. The molecule has 0 aliphatic rings. The highest BCUT2D eigenvalue weighted by atomic mass is 79.9. The summed E-state index contributed by atoms with van der Waals surface area (Å²) in [6, 6.07) is 4.64. The lowest BCUT2D eigenvalue weighted by Gasteiger charge is -2.11. The molecule has 0 heterocycles. The van der Waals surface area contributed by atoms with Crippen LogP contribution in [0.2, 0.25) is 0 Å². The first-order valence-electron chi connectivity index (χ1n) is 5.42. The molecule has 0 spiro atoms. The number of hydrogen-bond acceptors (Lipinski definition) is 4. The first kappa shape index (κ1) is 15.1. The average Bonchev–Trinajstić information content (AvgIpc) is 2.33. The fourth-order valence-corrected chi connectivity index (χ4v) is 1.81. The first-order valence-corrected chi connectivity index (χ1v) is 6.21. The third-order valence-corrected chi connectivity index (χ3v) is 2.83. The third-order valence-electron chi connectivity index (χ3n) is 2.33. The Morgan fingerprint density at radius 2 is 2.33 bits per heavy atom. The Bertz CT molecular complexity index is 414. The molecule has 6 heteroatoms. The highest BCUT2D eigenvalue weighted by Crippen LogP contribution is 2.15. The zero-order valence-electron chi connectivity index (χ0n) is 9.95. The average molecular weight is 320 g/mol. The van der Waals surface area contributed by atoms with Gasteiger partial charge >= 0.3 is 5.97 Å². The molecule has 0 fully saturated rings. The molecule has 100 valence electrons. The van der Waals surface area contributed by atoms with Gasteiger partial charge in [-0.2, -0.15) is 0 Å². The van der Waals surface area contributed by atoms with Crippen LogP contribution in [0.1, 0.15) is 12.0 Å². The molecular weight excluding hydrogens is 305 g/mol. The molecule has 0 aliphatic carbocycles. The summed E-state index contributed by atoms with van der Waals surface area (Å²) in [5, 5.41) is 12.4. The molecule has 1 aromatic carbocycles. The lowest BCUT2D eigenvalue weighted by molar-refractivity contribution is -0.142. The van der Waals surface area contributed by atoms with Crippen molar-refractivity contribution in [2.24, 2.45) is 0 Å². The Balaban J connectivity index is 2.37. The molecule has 1 aromatic rings.